The monoisotopic (exact) mass is 738 g/mol. The highest BCUT2D eigenvalue weighted by Gasteiger charge is 2.24. The maximum absolute atomic E-state index is 12.5. The summed E-state index contributed by atoms with van der Waals surface area (Å²) in [6.07, 6.45) is 7.60. The van der Waals surface area contributed by atoms with Crippen LogP contribution in [0.4, 0.5) is 0 Å². The Morgan fingerprint density at radius 2 is 1.06 bits per heavy atom. The average molecular weight is 739 g/mol. The van der Waals surface area contributed by atoms with Gasteiger partial charge in [0.1, 0.15) is 13.1 Å². The van der Waals surface area contributed by atoms with Crippen LogP contribution in [0.5, 0.6) is 0 Å². The minimum Gasteiger partial charge on any atom is -0.480 e. The lowest BCUT2D eigenvalue weighted by molar-refractivity contribution is -0.138. The van der Waals surface area contributed by atoms with Crippen molar-refractivity contribution in [2.45, 2.75) is 13.1 Å². The van der Waals surface area contributed by atoms with E-state index in [9.17, 15) is 47.9 Å². The molecule has 23 nitrogen and oxygen atoms in total. The topological polar surface area (TPSA) is 291 Å². The highest BCUT2D eigenvalue weighted by atomic mass is 16.4. The Hall–Kier alpha value is -7.04. The second-order valence-electron chi connectivity index (χ2n) is 11.4. The van der Waals surface area contributed by atoms with Crippen molar-refractivity contribution in [2.24, 2.45) is 33.9 Å². The van der Waals surface area contributed by atoms with E-state index < -0.39 is 59.3 Å². The Morgan fingerprint density at radius 3 is 1.45 bits per heavy atom. The van der Waals surface area contributed by atoms with Crippen LogP contribution in [0.25, 0.3) is 22.3 Å². The van der Waals surface area contributed by atoms with Crippen LogP contribution in [0.3, 0.4) is 0 Å². The largest absolute Gasteiger partial charge is 0.480 e. The number of rotatable bonds is 9. The van der Waals surface area contributed by atoms with Crippen molar-refractivity contribution in [3.05, 3.63) is 78.6 Å². The SMILES string of the molecule is Cn1cnc2c1c(=O)n(CC(=O)NCCN1C(=O)C=CC1=O)c(=O)n2C.Cn1cnc2c1c(=O)n(CC(=O)O)c(=O)n2C.NCCN1C(=O)C=CC1=O. The van der Waals surface area contributed by atoms with Crippen LogP contribution in [0.15, 0.2) is 56.1 Å². The third-order valence-corrected chi connectivity index (χ3v) is 7.81. The van der Waals surface area contributed by atoms with Gasteiger partial charge in [-0.25, -0.2) is 28.7 Å². The lowest BCUT2D eigenvalue weighted by Crippen LogP contribution is -2.45. The van der Waals surface area contributed by atoms with Crippen molar-refractivity contribution in [1.29, 1.82) is 0 Å². The molecule has 0 aliphatic carbocycles. The summed E-state index contributed by atoms with van der Waals surface area (Å²) in [6, 6.07) is 0. The Balaban J connectivity index is 0.000000198. The number of aryl methyl sites for hydroxylation is 4. The summed E-state index contributed by atoms with van der Waals surface area (Å²) in [5.41, 5.74) is 3.42. The highest BCUT2D eigenvalue weighted by molar-refractivity contribution is 6.13. The lowest BCUT2D eigenvalue weighted by Gasteiger charge is -2.14. The van der Waals surface area contributed by atoms with Crippen LogP contribution in [0.1, 0.15) is 0 Å². The van der Waals surface area contributed by atoms with Crippen LogP contribution in [-0.2, 0) is 70.0 Å². The molecule has 0 aromatic carbocycles. The number of nitrogens with one attached hydrogen (secondary N) is 1. The molecule has 6 rings (SSSR count). The van der Waals surface area contributed by atoms with Gasteiger partial charge in [-0.2, -0.15) is 0 Å². The van der Waals surface area contributed by atoms with Crippen LogP contribution >= 0.6 is 0 Å². The molecule has 0 fully saturated rings. The van der Waals surface area contributed by atoms with Crippen LogP contribution < -0.4 is 33.5 Å². The summed E-state index contributed by atoms with van der Waals surface area (Å²) in [5.74, 6) is -3.26. The molecule has 23 heteroatoms. The third-order valence-electron chi connectivity index (χ3n) is 7.81. The fraction of sp³-hybridized carbons (Fsp3) is 0.333. The number of carbonyl (C=O) groups excluding carboxylic acids is 5. The Bertz CT molecular complexity index is 2440. The average Bonchev–Trinajstić information content (AvgIpc) is 3.87. The van der Waals surface area contributed by atoms with Gasteiger partial charge in [0.05, 0.1) is 12.7 Å². The van der Waals surface area contributed by atoms with E-state index in [0.29, 0.717) is 17.7 Å². The summed E-state index contributed by atoms with van der Waals surface area (Å²) in [5, 5.41) is 11.2. The molecule has 4 N–H and O–H groups in total. The number of imide groups is 2. The van der Waals surface area contributed by atoms with Crippen molar-refractivity contribution >= 4 is 57.8 Å². The van der Waals surface area contributed by atoms with Crippen molar-refractivity contribution in [1.82, 2.24) is 52.5 Å². The standard InChI is InChI=1S/C15H16N6O5.C9H10N4O4.C6H8N2O2/c1-18-8-17-13-12(18)14(25)21(15(26)19(13)2)7-9(22)16-5-6-20-10(23)3-4-11(20)24;1-11-4-10-7-6(11)8(16)13(3-5(14)15)9(17)12(7)2;7-3-4-8-5(9)1-2-6(8)10/h3-4,8H,5-7H2,1-2H3,(H,16,22);4H,3H2,1-2H3,(H,14,15);1-2H,3-4,7H2. The van der Waals surface area contributed by atoms with Crippen molar-refractivity contribution in [2.75, 3.05) is 26.2 Å². The summed E-state index contributed by atoms with van der Waals surface area (Å²) in [4.78, 5) is 126. The first kappa shape index (κ1) is 38.8. The smallest absolute Gasteiger partial charge is 0.333 e. The molecule has 0 unspecified atom stereocenters. The predicted octanol–water partition coefficient (Wildman–Crippen LogP) is -5.14. The summed E-state index contributed by atoms with van der Waals surface area (Å²) in [7, 11) is 6.12. The number of aliphatic carboxylic acids is 1. The molecular weight excluding hydrogens is 704 g/mol. The van der Waals surface area contributed by atoms with Crippen molar-refractivity contribution in [3.8, 4) is 0 Å². The minimum atomic E-state index is -1.24. The first-order chi connectivity index (χ1) is 25.0. The summed E-state index contributed by atoms with van der Waals surface area (Å²) >= 11 is 0. The predicted molar refractivity (Wildman–Crippen MR) is 182 cm³/mol. The van der Waals surface area contributed by atoms with Crippen molar-refractivity contribution < 1.29 is 33.9 Å². The fourth-order valence-electron chi connectivity index (χ4n) is 5.15. The number of carboxylic acid groups (broad SMARTS) is 1. The molecule has 2 aliphatic heterocycles. The zero-order chi connectivity index (χ0) is 39.3. The van der Waals surface area contributed by atoms with Gasteiger partial charge >= 0.3 is 17.3 Å². The van der Waals surface area contributed by atoms with Crippen LogP contribution in [-0.4, -0.2) is 114 Å². The van der Waals surface area contributed by atoms with E-state index in [1.54, 1.807) is 14.1 Å². The molecule has 2 aliphatic rings. The van der Waals surface area contributed by atoms with Crippen LogP contribution in [0, 0.1) is 0 Å². The number of aromatic nitrogens is 8. The molecule has 0 saturated heterocycles. The summed E-state index contributed by atoms with van der Waals surface area (Å²) in [6.45, 7) is -0.492. The van der Waals surface area contributed by atoms with Gasteiger partial charge in [0.15, 0.2) is 22.3 Å². The van der Waals surface area contributed by atoms with E-state index in [-0.39, 0.29) is 47.2 Å². The lowest BCUT2D eigenvalue weighted by atomic mass is 10.4. The molecule has 4 aromatic heterocycles. The van der Waals surface area contributed by atoms with E-state index in [0.717, 1.165) is 31.1 Å². The zero-order valence-electron chi connectivity index (χ0n) is 28.8. The Morgan fingerprint density at radius 1 is 0.660 bits per heavy atom. The Labute approximate surface area is 296 Å². The fourth-order valence-corrected chi connectivity index (χ4v) is 5.15. The van der Waals surface area contributed by atoms with Gasteiger partial charge in [-0.05, 0) is 0 Å². The van der Waals surface area contributed by atoms with Crippen molar-refractivity contribution in [3.63, 3.8) is 0 Å². The zero-order valence-corrected chi connectivity index (χ0v) is 28.8. The van der Waals surface area contributed by atoms with E-state index in [4.69, 9.17) is 10.8 Å². The molecule has 0 radical (unpaired) electrons. The van der Waals surface area contributed by atoms with Crippen LogP contribution in [0.2, 0.25) is 0 Å². The molecule has 0 atom stereocenters. The number of carbonyl (C=O) groups is 6. The number of hydrogen-bond donors (Lipinski definition) is 3. The molecule has 0 bridgehead atoms. The van der Waals surface area contributed by atoms with Gasteiger partial charge in [0, 0.05) is 78.7 Å². The number of imidazole rings is 2. The number of nitrogens with two attached hydrogens (primary N) is 1. The molecule has 5 amide bonds. The van der Waals surface area contributed by atoms with Gasteiger partial charge in [0.2, 0.25) is 5.91 Å². The molecule has 280 valence electrons. The quantitative estimate of drug-likeness (QED) is 0.135. The molecule has 4 aromatic rings. The first-order valence-electron chi connectivity index (χ1n) is 15.5. The van der Waals surface area contributed by atoms with Gasteiger partial charge in [-0.1, -0.05) is 0 Å². The van der Waals surface area contributed by atoms with E-state index >= 15 is 0 Å². The molecule has 6 heterocycles. The molecular formula is C30H34N12O11. The summed E-state index contributed by atoms with van der Waals surface area (Å²) < 4.78 is 6.76. The second-order valence-corrected chi connectivity index (χ2v) is 11.4. The van der Waals surface area contributed by atoms with E-state index in [2.05, 4.69) is 15.3 Å². The number of carboxylic acids is 1. The number of nitrogens with zero attached hydrogens (tertiary/aromatic N) is 10. The number of amides is 5. The van der Waals surface area contributed by atoms with Gasteiger partial charge in [-0.15, -0.1) is 0 Å². The van der Waals surface area contributed by atoms with Gasteiger partial charge in [0.25, 0.3) is 34.7 Å². The van der Waals surface area contributed by atoms with E-state index in [1.807, 2.05) is 0 Å². The third kappa shape index (κ3) is 7.98. The molecule has 0 spiro atoms. The number of fused-ring (bicyclic) bond motifs is 2. The van der Waals surface area contributed by atoms with Gasteiger partial charge in [-0.3, -0.25) is 57.3 Å². The number of hydrogen-bond acceptors (Lipinski definition) is 13. The molecule has 0 saturated carbocycles. The maximum Gasteiger partial charge on any atom is 0.333 e. The van der Waals surface area contributed by atoms with Gasteiger partial charge < -0.3 is 25.3 Å². The first-order valence-corrected chi connectivity index (χ1v) is 15.5. The maximum atomic E-state index is 12.5. The minimum absolute atomic E-state index is 0.00405. The highest BCUT2D eigenvalue weighted by Crippen LogP contribution is 2.05. The normalized spacial score (nSPS) is 13.5. The molecule has 53 heavy (non-hydrogen) atoms. The second kappa shape index (κ2) is 15.9. The van der Waals surface area contributed by atoms with E-state index in [1.165, 1.54) is 52.6 Å². The Kier molecular flexibility index (Phi) is 11.6.